The molecule has 0 bridgehead atoms. The van der Waals surface area contributed by atoms with Gasteiger partial charge in [0.25, 0.3) is 5.67 Å². The first-order valence-electron chi connectivity index (χ1n) is 3.61. The largest absolute Gasteiger partial charge is 0.431 e. The van der Waals surface area contributed by atoms with Gasteiger partial charge in [-0.15, -0.1) is 0 Å². The van der Waals surface area contributed by atoms with E-state index in [-0.39, 0.29) is 0 Å². The van der Waals surface area contributed by atoms with Crippen molar-refractivity contribution in [3.63, 3.8) is 0 Å². The Balaban J connectivity index is 5.54. The zero-order valence-electron chi connectivity index (χ0n) is 7.72. The normalized spacial score (nSPS) is 19.3. The number of hydrogen-bond donors (Lipinski definition) is 1. The molecule has 1 N–H and O–H groups in total. The van der Waals surface area contributed by atoms with E-state index in [2.05, 4.69) is 0 Å². The van der Waals surface area contributed by atoms with Crippen LogP contribution in [0.4, 0.5) is 26.3 Å². The molecule has 0 saturated carbocycles. The van der Waals surface area contributed by atoms with Crippen LogP contribution in [0.15, 0.2) is 0 Å². The summed E-state index contributed by atoms with van der Waals surface area (Å²) in [5, 5.41) is 7.98. The molecule has 0 aromatic carbocycles. The smallest absolute Gasteiger partial charge is 0.333 e. The minimum atomic E-state index is -5.84. The first-order valence-corrected chi connectivity index (χ1v) is 3.61. The monoisotopic (exact) mass is 224 g/mol. The maximum absolute atomic E-state index is 13.2. The van der Waals surface area contributed by atoms with Crippen LogP contribution in [-0.4, -0.2) is 23.1 Å². The number of rotatable bonds is 1. The Morgan fingerprint density at radius 2 is 1.07 bits per heavy atom. The van der Waals surface area contributed by atoms with Crippen LogP contribution in [0.25, 0.3) is 0 Å². The first kappa shape index (κ1) is 13.5. The standard InChI is InChI=1S/C7H10F6O/c1-4(2,3)5(8,6(9,10)11)7(12,13)14/h14H,1-3H3. The van der Waals surface area contributed by atoms with Gasteiger partial charge in [0.15, 0.2) is 0 Å². The van der Waals surface area contributed by atoms with Crippen LogP contribution in [0.5, 0.6) is 0 Å². The molecular formula is C7H10F6O. The fraction of sp³-hybridized carbons (Fsp3) is 1.00. The van der Waals surface area contributed by atoms with Gasteiger partial charge in [0.2, 0.25) is 0 Å². The minimum absolute atomic E-state index is 0.630. The van der Waals surface area contributed by atoms with E-state index in [0.717, 1.165) is 0 Å². The van der Waals surface area contributed by atoms with Crippen LogP contribution in [-0.2, 0) is 0 Å². The molecule has 0 rings (SSSR count). The van der Waals surface area contributed by atoms with Gasteiger partial charge in [0.05, 0.1) is 0 Å². The van der Waals surface area contributed by atoms with Crippen LogP contribution < -0.4 is 0 Å². The quantitative estimate of drug-likeness (QED) is 0.679. The molecule has 0 aliphatic carbocycles. The second-order valence-electron chi connectivity index (χ2n) is 3.95. The molecule has 0 saturated heterocycles. The van der Waals surface area contributed by atoms with Gasteiger partial charge in [-0.3, -0.25) is 0 Å². The summed E-state index contributed by atoms with van der Waals surface area (Å²) in [7, 11) is 0. The van der Waals surface area contributed by atoms with Crippen molar-refractivity contribution in [1.29, 1.82) is 0 Å². The van der Waals surface area contributed by atoms with E-state index in [4.69, 9.17) is 5.11 Å². The van der Waals surface area contributed by atoms with Crippen molar-refractivity contribution in [3.8, 4) is 0 Å². The molecule has 0 fully saturated rings. The lowest BCUT2D eigenvalue weighted by Gasteiger charge is -2.40. The Labute approximate surface area is 76.7 Å². The average Bonchev–Trinajstić information content (AvgIpc) is 1.77. The molecule has 1 nitrogen and oxygen atoms in total. The summed E-state index contributed by atoms with van der Waals surface area (Å²) in [6.45, 7) is 1.89. The second kappa shape index (κ2) is 3.01. The molecule has 14 heavy (non-hydrogen) atoms. The topological polar surface area (TPSA) is 20.2 Å². The van der Waals surface area contributed by atoms with Gasteiger partial charge in [-0.1, -0.05) is 20.8 Å². The van der Waals surface area contributed by atoms with E-state index in [9.17, 15) is 26.3 Å². The van der Waals surface area contributed by atoms with E-state index >= 15 is 0 Å². The lowest BCUT2D eigenvalue weighted by atomic mass is 9.76. The predicted molar refractivity (Wildman–Crippen MR) is 36.5 cm³/mol. The first-order chi connectivity index (χ1) is 5.75. The summed E-state index contributed by atoms with van der Waals surface area (Å²) in [6, 6.07) is 0. The Bertz CT molecular complexity index is 172. The van der Waals surface area contributed by atoms with E-state index in [1.807, 2.05) is 0 Å². The average molecular weight is 224 g/mol. The highest BCUT2D eigenvalue weighted by molar-refractivity contribution is 5.02. The van der Waals surface area contributed by atoms with Crippen molar-refractivity contribution in [2.45, 2.75) is 38.7 Å². The van der Waals surface area contributed by atoms with Gasteiger partial charge in [0.1, 0.15) is 0 Å². The summed E-state index contributed by atoms with van der Waals surface area (Å²) >= 11 is 0. The van der Waals surface area contributed by atoms with Crippen LogP contribution in [0, 0.1) is 5.41 Å². The number of hydrogen-bond acceptors (Lipinski definition) is 1. The Hall–Kier alpha value is -0.460. The summed E-state index contributed by atoms with van der Waals surface area (Å²) < 4.78 is 73.9. The zero-order chi connectivity index (χ0) is 12.0. The molecule has 0 heterocycles. The molecule has 0 aromatic rings. The summed E-state index contributed by atoms with van der Waals surface area (Å²) in [6.07, 6.45) is -11.3. The molecule has 1 atom stereocenters. The summed E-state index contributed by atoms with van der Waals surface area (Å²) in [5.41, 5.74) is -7.43. The number of aliphatic hydroxyl groups is 1. The fourth-order valence-electron chi connectivity index (χ4n) is 1.05. The molecule has 0 aliphatic heterocycles. The molecule has 1 unspecified atom stereocenters. The van der Waals surface area contributed by atoms with Crippen LogP contribution in [0.1, 0.15) is 20.8 Å². The van der Waals surface area contributed by atoms with Gasteiger partial charge < -0.3 is 5.11 Å². The predicted octanol–water partition coefficient (Wildman–Crippen LogP) is 2.89. The highest BCUT2D eigenvalue weighted by Gasteiger charge is 2.76. The molecule has 86 valence electrons. The third kappa shape index (κ3) is 1.82. The van der Waals surface area contributed by atoms with Gasteiger partial charge in [0, 0.05) is 5.41 Å². The highest BCUT2D eigenvalue weighted by atomic mass is 19.4. The lowest BCUT2D eigenvalue weighted by molar-refractivity contribution is -0.394. The second-order valence-corrected chi connectivity index (χ2v) is 3.95. The van der Waals surface area contributed by atoms with Gasteiger partial charge in [-0.2, -0.15) is 22.0 Å². The molecule has 0 amide bonds. The van der Waals surface area contributed by atoms with Crippen LogP contribution >= 0.6 is 0 Å². The Morgan fingerprint density at radius 1 is 0.786 bits per heavy atom. The molecule has 0 aliphatic rings. The van der Waals surface area contributed by atoms with Crippen LogP contribution in [0.2, 0.25) is 0 Å². The molecule has 0 spiro atoms. The van der Waals surface area contributed by atoms with E-state index in [0.29, 0.717) is 20.8 Å². The minimum Gasteiger partial charge on any atom is -0.333 e. The summed E-state index contributed by atoms with van der Waals surface area (Å²) in [5.74, 6) is 0. The third-order valence-electron chi connectivity index (χ3n) is 1.84. The maximum Gasteiger partial charge on any atom is 0.431 e. The van der Waals surface area contributed by atoms with Crippen molar-refractivity contribution in [2.24, 2.45) is 5.41 Å². The number of halogens is 6. The van der Waals surface area contributed by atoms with Gasteiger partial charge in [-0.05, 0) is 0 Å². The maximum atomic E-state index is 13.2. The molecular weight excluding hydrogens is 214 g/mol. The SMILES string of the molecule is CC(C)(C)C(F)(C(O)(F)F)C(F)(F)F. The van der Waals surface area contributed by atoms with Crippen molar-refractivity contribution in [1.82, 2.24) is 0 Å². The lowest BCUT2D eigenvalue weighted by Crippen LogP contribution is -2.62. The fourth-order valence-corrected chi connectivity index (χ4v) is 1.05. The zero-order valence-corrected chi connectivity index (χ0v) is 7.72. The van der Waals surface area contributed by atoms with Gasteiger partial charge in [-0.25, -0.2) is 4.39 Å². The van der Waals surface area contributed by atoms with Crippen molar-refractivity contribution in [3.05, 3.63) is 0 Å². The highest BCUT2D eigenvalue weighted by Crippen LogP contribution is 2.53. The summed E-state index contributed by atoms with van der Waals surface area (Å²) in [4.78, 5) is 0. The third-order valence-corrected chi connectivity index (χ3v) is 1.84. The molecule has 7 heteroatoms. The van der Waals surface area contributed by atoms with Crippen molar-refractivity contribution >= 4 is 0 Å². The van der Waals surface area contributed by atoms with E-state index in [1.54, 1.807) is 0 Å². The Morgan fingerprint density at radius 3 is 1.07 bits per heavy atom. The van der Waals surface area contributed by atoms with Crippen molar-refractivity contribution < 1.29 is 31.4 Å². The van der Waals surface area contributed by atoms with Crippen LogP contribution in [0.3, 0.4) is 0 Å². The van der Waals surface area contributed by atoms with Gasteiger partial charge >= 0.3 is 12.3 Å². The molecule has 0 aromatic heterocycles. The van der Waals surface area contributed by atoms with Crippen molar-refractivity contribution in [2.75, 3.05) is 0 Å². The Kier molecular flexibility index (Phi) is 2.91. The van der Waals surface area contributed by atoms with E-state index < -0.39 is 23.4 Å². The molecule has 0 radical (unpaired) electrons. The van der Waals surface area contributed by atoms with E-state index in [1.165, 1.54) is 0 Å². The number of alkyl halides is 6.